The van der Waals surface area contributed by atoms with E-state index in [1.165, 1.54) is 0 Å². The minimum absolute atomic E-state index is 0.236. The number of aromatic nitrogens is 1. The molecular weight excluding hydrogens is 244 g/mol. The van der Waals surface area contributed by atoms with Gasteiger partial charge in [0.15, 0.2) is 0 Å². The summed E-state index contributed by atoms with van der Waals surface area (Å²) in [6.07, 6.45) is -1.69. The first-order chi connectivity index (χ1) is 7.84. The smallest absolute Gasteiger partial charge is 0.337 e. The third-order valence-corrected chi connectivity index (χ3v) is 1.89. The van der Waals surface area contributed by atoms with Crippen molar-refractivity contribution in [2.75, 3.05) is 11.9 Å². The molecule has 0 spiro atoms. The summed E-state index contributed by atoms with van der Waals surface area (Å²) < 4.78 is 48.9. The Kier molecular flexibility index (Phi) is 3.87. The molecule has 0 saturated carbocycles. The highest BCUT2D eigenvalue weighted by molar-refractivity contribution is 5.93. The molecule has 0 unspecified atom stereocenters. The van der Waals surface area contributed by atoms with E-state index in [2.05, 4.69) is 4.98 Å². The van der Waals surface area contributed by atoms with Crippen molar-refractivity contribution in [3.63, 3.8) is 0 Å². The maximum absolute atomic E-state index is 12.6. The molecule has 0 fully saturated rings. The predicted molar refractivity (Wildman–Crippen MR) is 50.6 cm³/mol. The highest BCUT2D eigenvalue weighted by Crippen LogP contribution is 2.24. The topological polar surface area (TPSA) is 62.2 Å². The maximum atomic E-state index is 12.6. The van der Waals surface area contributed by atoms with Gasteiger partial charge in [0.2, 0.25) is 0 Å². The lowest BCUT2D eigenvalue weighted by atomic mass is 10.2. The van der Waals surface area contributed by atoms with Crippen LogP contribution in [-0.4, -0.2) is 35.0 Å². The number of hydrogen-bond acceptors (Lipinski definition) is 3. The summed E-state index contributed by atoms with van der Waals surface area (Å²) in [5.74, 6) is -5.60. The highest BCUT2D eigenvalue weighted by atomic mass is 19.3. The molecule has 0 aliphatic rings. The Balaban J connectivity index is 2.79. The predicted octanol–water partition coefficient (Wildman–Crippen LogP) is 2.09. The van der Waals surface area contributed by atoms with Crippen molar-refractivity contribution in [3.8, 4) is 0 Å². The average molecular weight is 252 g/mol. The number of rotatable bonds is 5. The van der Waals surface area contributed by atoms with Crippen LogP contribution < -0.4 is 5.32 Å². The lowest BCUT2D eigenvalue weighted by Crippen LogP contribution is -2.35. The van der Waals surface area contributed by atoms with Crippen LogP contribution in [-0.2, 0) is 0 Å². The number of anilines is 1. The molecule has 1 aromatic rings. The maximum Gasteiger partial charge on any atom is 0.337 e. The number of pyridine rings is 1. The zero-order valence-electron chi connectivity index (χ0n) is 8.33. The molecule has 0 amide bonds. The minimum atomic E-state index is -4.23. The summed E-state index contributed by atoms with van der Waals surface area (Å²) in [6.45, 7) is -1.36. The second kappa shape index (κ2) is 4.98. The zero-order valence-corrected chi connectivity index (χ0v) is 8.33. The van der Waals surface area contributed by atoms with E-state index in [-0.39, 0.29) is 11.3 Å². The lowest BCUT2D eigenvalue weighted by Gasteiger charge is -2.17. The number of hydrogen-bond donors (Lipinski definition) is 2. The molecule has 2 N–H and O–H groups in total. The summed E-state index contributed by atoms with van der Waals surface area (Å²) in [6, 6.07) is 1.07. The molecule has 0 aromatic carbocycles. The Morgan fingerprint density at radius 2 is 2.18 bits per heavy atom. The molecule has 0 atom stereocenters. The van der Waals surface area contributed by atoms with E-state index in [0.717, 1.165) is 18.5 Å². The summed E-state index contributed by atoms with van der Waals surface area (Å²) in [7, 11) is 0. The molecule has 0 aliphatic heterocycles. The SMILES string of the molecule is O=C(O)c1ccncc1NCC(F)(F)C(F)F. The van der Waals surface area contributed by atoms with Crippen molar-refractivity contribution >= 4 is 11.7 Å². The van der Waals surface area contributed by atoms with E-state index in [1.807, 2.05) is 5.32 Å². The number of alkyl halides is 4. The normalized spacial score (nSPS) is 11.6. The summed E-state index contributed by atoms with van der Waals surface area (Å²) in [4.78, 5) is 14.2. The first kappa shape index (κ1) is 13.2. The fraction of sp³-hybridized carbons (Fsp3) is 0.333. The van der Waals surface area contributed by atoms with Gasteiger partial charge in [-0.2, -0.15) is 8.78 Å². The van der Waals surface area contributed by atoms with E-state index >= 15 is 0 Å². The Morgan fingerprint density at radius 1 is 1.53 bits per heavy atom. The van der Waals surface area contributed by atoms with Crippen LogP contribution in [0.1, 0.15) is 10.4 Å². The Labute approximate surface area is 93.3 Å². The molecule has 1 rings (SSSR count). The molecule has 1 aromatic heterocycles. The van der Waals surface area contributed by atoms with Gasteiger partial charge in [-0.05, 0) is 6.07 Å². The number of nitrogens with one attached hydrogen (secondary N) is 1. The largest absolute Gasteiger partial charge is 0.478 e. The number of aromatic carboxylic acids is 1. The molecule has 0 aliphatic carbocycles. The van der Waals surface area contributed by atoms with Gasteiger partial charge in [-0.15, -0.1) is 0 Å². The van der Waals surface area contributed by atoms with Crippen molar-refractivity contribution in [1.82, 2.24) is 4.98 Å². The summed E-state index contributed by atoms with van der Waals surface area (Å²) in [5, 5.41) is 10.6. The average Bonchev–Trinajstić information content (AvgIpc) is 2.26. The van der Waals surface area contributed by atoms with E-state index in [1.54, 1.807) is 0 Å². The number of nitrogens with zero attached hydrogens (tertiary/aromatic N) is 1. The van der Waals surface area contributed by atoms with E-state index in [4.69, 9.17) is 5.11 Å². The molecule has 1 heterocycles. The van der Waals surface area contributed by atoms with Gasteiger partial charge in [0.05, 0.1) is 24.0 Å². The van der Waals surface area contributed by atoms with Crippen LogP contribution in [0.4, 0.5) is 23.2 Å². The number of carbonyl (C=O) groups is 1. The van der Waals surface area contributed by atoms with E-state index in [0.29, 0.717) is 0 Å². The number of carboxylic acid groups (broad SMARTS) is 1. The molecule has 17 heavy (non-hydrogen) atoms. The second-order valence-electron chi connectivity index (χ2n) is 3.14. The van der Waals surface area contributed by atoms with Crippen molar-refractivity contribution < 1.29 is 27.5 Å². The first-order valence-corrected chi connectivity index (χ1v) is 4.41. The Hall–Kier alpha value is -1.86. The number of halogens is 4. The van der Waals surface area contributed by atoms with Crippen LogP contribution in [0.5, 0.6) is 0 Å². The van der Waals surface area contributed by atoms with Crippen molar-refractivity contribution in [3.05, 3.63) is 24.0 Å². The van der Waals surface area contributed by atoms with Gasteiger partial charge in [-0.1, -0.05) is 0 Å². The van der Waals surface area contributed by atoms with Gasteiger partial charge < -0.3 is 10.4 Å². The molecule has 4 nitrogen and oxygen atoms in total. The van der Waals surface area contributed by atoms with Gasteiger partial charge in [0.25, 0.3) is 0 Å². The lowest BCUT2D eigenvalue weighted by molar-refractivity contribution is -0.117. The minimum Gasteiger partial charge on any atom is -0.478 e. The third kappa shape index (κ3) is 3.30. The monoisotopic (exact) mass is 252 g/mol. The summed E-state index contributed by atoms with van der Waals surface area (Å²) in [5.41, 5.74) is -0.551. The molecule has 0 bridgehead atoms. The number of carboxylic acids is 1. The fourth-order valence-corrected chi connectivity index (χ4v) is 1.01. The van der Waals surface area contributed by atoms with Gasteiger partial charge >= 0.3 is 18.3 Å². The molecular formula is C9H8F4N2O2. The van der Waals surface area contributed by atoms with E-state index < -0.39 is 24.9 Å². The summed E-state index contributed by atoms with van der Waals surface area (Å²) >= 11 is 0. The van der Waals surface area contributed by atoms with Crippen molar-refractivity contribution in [1.29, 1.82) is 0 Å². The van der Waals surface area contributed by atoms with Crippen LogP contribution in [0.3, 0.4) is 0 Å². The van der Waals surface area contributed by atoms with Gasteiger partial charge in [-0.3, -0.25) is 4.98 Å². The molecule has 0 radical (unpaired) electrons. The highest BCUT2D eigenvalue weighted by Gasteiger charge is 2.40. The van der Waals surface area contributed by atoms with Crippen LogP contribution in [0.15, 0.2) is 18.5 Å². The van der Waals surface area contributed by atoms with Gasteiger partial charge in [0, 0.05) is 6.20 Å². The van der Waals surface area contributed by atoms with Crippen molar-refractivity contribution in [2.24, 2.45) is 0 Å². The second-order valence-corrected chi connectivity index (χ2v) is 3.14. The van der Waals surface area contributed by atoms with Crippen LogP contribution in [0, 0.1) is 0 Å². The fourth-order valence-electron chi connectivity index (χ4n) is 1.01. The van der Waals surface area contributed by atoms with Crippen LogP contribution in [0.25, 0.3) is 0 Å². The van der Waals surface area contributed by atoms with Gasteiger partial charge in [0.1, 0.15) is 0 Å². The van der Waals surface area contributed by atoms with Crippen LogP contribution in [0.2, 0.25) is 0 Å². The molecule has 94 valence electrons. The standard InChI is InChI=1S/C9H8F4N2O2/c10-8(11)9(12,13)4-15-6-3-14-2-1-5(6)7(16)17/h1-3,8,15H,4H2,(H,16,17). The van der Waals surface area contributed by atoms with Gasteiger partial charge in [-0.25, -0.2) is 13.6 Å². The van der Waals surface area contributed by atoms with Crippen LogP contribution >= 0.6 is 0 Å². The van der Waals surface area contributed by atoms with Crippen molar-refractivity contribution in [2.45, 2.75) is 12.3 Å². The molecule has 8 heteroatoms. The zero-order chi connectivity index (χ0) is 13.1. The Bertz CT molecular complexity index is 412. The quantitative estimate of drug-likeness (QED) is 0.788. The molecule has 0 saturated heterocycles. The van der Waals surface area contributed by atoms with E-state index in [9.17, 15) is 22.4 Å². The first-order valence-electron chi connectivity index (χ1n) is 4.41. The Morgan fingerprint density at radius 3 is 2.71 bits per heavy atom. The third-order valence-electron chi connectivity index (χ3n) is 1.89.